The van der Waals surface area contributed by atoms with Gasteiger partial charge < -0.3 is 15.7 Å². The van der Waals surface area contributed by atoms with Gasteiger partial charge in [0.2, 0.25) is 5.91 Å². The minimum absolute atomic E-state index is 0.0410. The second kappa shape index (κ2) is 6.99. The van der Waals surface area contributed by atoms with Crippen molar-refractivity contribution >= 4 is 17.5 Å². The number of rotatable bonds is 5. The van der Waals surface area contributed by atoms with Crippen molar-refractivity contribution in [2.24, 2.45) is 5.92 Å². The van der Waals surface area contributed by atoms with Crippen LogP contribution in [0.3, 0.4) is 0 Å². The molecular weight excluding hydrogens is 300 g/mol. The first-order valence-corrected chi connectivity index (χ1v) is 8.44. The number of carbonyl (C=O) groups excluding carboxylic acids is 1. The van der Waals surface area contributed by atoms with E-state index in [0.717, 1.165) is 18.4 Å². The molecule has 0 aromatic heterocycles. The summed E-state index contributed by atoms with van der Waals surface area (Å²) in [5.41, 5.74) is 0.768. The average molecular weight is 323 g/mol. The maximum atomic E-state index is 12.1. The molecule has 3 atom stereocenters. The van der Waals surface area contributed by atoms with E-state index in [2.05, 4.69) is 10.6 Å². The topological polar surface area (TPSA) is 61.4 Å². The second-order valence-corrected chi connectivity index (χ2v) is 6.99. The van der Waals surface area contributed by atoms with Crippen molar-refractivity contribution in [2.75, 3.05) is 6.54 Å². The van der Waals surface area contributed by atoms with Crippen molar-refractivity contribution in [1.29, 1.82) is 0 Å². The minimum atomic E-state index is -0.689. The third kappa shape index (κ3) is 4.00. The Kier molecular flexibility index (Phi) is 5.01. The van der Waals surface area contributed by atoms with Gasteiger partial charge >= 0.3 is 0 Å². The number of amides is 1. The molecule has 4 nitrogen and oxygen atoms in total. The molecular formula is C17H23ClN2O2. The zero-order valence-corrected chi connectivity index (χ0v) is 13.4. The average Bonchev–Trinajstić information content (AvgIpc) is 2.84. The van der Waals surface area contributed by atoms with Crippen LogP contribution in [0.5, 0.6) is 0 Å². The standard InChI is InChI=1S/C17H23ClN2O2/c18-13-3-1-12(2-4-13)16(21)10-19-17(22)9-11-7-14-5-6-15(8-11)20-14/h1-4,11,14-16,20-21H,5-10H2,(H,19,22). The first kappa shape index (κ1) is 15.8. The molecule has 3 N–H and O–H groups in total. The van der Waals surface area contributed by atoms with Crippen LogP contribution in [-0.2, 0) is 4.79 Å². The molecule has 2 heterocycles. The monoisotopic (exact) mass is 322 g/mol. The van der Waals surface area contributed by atoms with Crippen molar-refractivity contribution in [3.63, 3.8) is 0 Å². The van der Waals surface area contributed by atoms with Gasteiger partial charge in [0.25, 0.3) is 0 Å². The molecule has 2 saturated heterocycles. The van der Waals surface area contributed by atoms with Crippen molar-refractivity contribution in [1.82, 2.24) is 10.6 Å². The summed E-state index contributed by atoms with van der Waals surface area (Å²) in [5, 5.41) is 17.2. The van der Waals surface area contributed by atoms with Gasteiger partial charge in [-0.1, -0.05) is 23.7 Å². The molecule has 0 spiro atoms. The number of aliphatic hydroxyl groups excluding tert-OH is 1. The van der Waals surface area contributed by atoms with Crippen LogP contribution in [0.2, 0.25) is 5.02 Å². The molecule has 2 aliphatic rings. The molecule has 2 bridgehead atoms. The summed E-state index contributed by atoms with van der Waals surface area (Å²) >= 11 is 5.82. The number of hydrogen-bond donors (Lipinski definition) is 3. The summed E-state index contributed by atoms with van der Waals surface area (Å²) < 4.78 is 0. The lowest BCUT2D eigenvalue weighted by atomic mass is 9.89. The Labute approximate surface area is 136 Å². The summed E-state index contributed by atoms with van der Waals surface area (Å²) in [4.78, 5) is 12.1. The number of nitrogens with one attached hydrogen (secondary N) is 2. The van der Waals surface area contributed by atoms with Crippen LogP contribution in [0.25, 0.3) is 0 Å². The predicted molar refractivity (Wildman–Crippen MR) is 86.7 cm³/mol. The molecule has 0 saturated carbocycles. The molecule has 22 heavy (non-hydrogen) atoms. The zero-order chi connectivity index (χ0) is 15.5. The van der Waals surface area contributed by atoms with Crippen molar-refractivity contribution in [3.05, 3.63) is 34.9 Å². The van der Waals surface area contributed by atoms with Gasteiger partial charge in [-0.2, -0.15) is 0 Å². The van der Waals surface area contributed by atoms with Crippen molar-refractivity contribution in [2.45, 2.75) is 50.3 Å². The van der Waals surface area contributed by atoms with Crippen LogP contribution in [-0.4, -0.2) is 29.6 Å². The predicted octanol–water partition coefficient (Wildman–Crippen LogP) is 2.41. The molecule has 1 amide bonds. The highest BCUT2D eigenvalue weighted by Gasteiger charge is 2.34. The Morgan fingerprint density at radius 1 is 1.27 bits per heavy atom. The normalized spacial score (nSPS) is 28.4. The van der Waals surface area contributed by atoms with Gasteiger partial charge in [0.15, 0.2) is 0 Å². The highest BCUT2D eigenvalue weighted by atomic mass is 35.5. The molecule has 0 radical (unpaired) electrons. The molecule has 0 aliphatic carbocycles. The fraction of sp³-hybridized carbons (Fsp3) is 0.588. The Morgan fingerprint density at radius 3 is 2.55 bits per heavy atom. The van der Waals surface area contributed by atoms with E-state index in [9.17, 15) is 9.90 Å². The van der Waals surface area contributed by atoms with E-state index in [4.69, 9.17) is 11.6 Å². The quantitative estimate of drug-likeness (QED) is 0.780. The van der Waals surface area contributed by atoms with Gasteiger partial charge in [-0.3, -0.25) is 4.79 Å². The molecule has 2 fully saturated rings. The van der Waals surface area contributed by atoms with Crippen LogP contribution in [0.15, 0.2) is 24.3 Å². The van der Waals surface area contributed by atoms with Gasteiger partial charge in [0, 0.05) is 30.1 Å². The summed E-state index contributed by atoms with van der Waals surface area (Å²) in [6, 6.07) is 8.26. The van der Waals surface area contributed by atoms with Gasteiger partial charge in [-0.25, -0.2) is 0 Å². The van der Waals surface area contributed by atoms with E-state index in [1.165, 1.54) is 12.8 Å². The highest BCUT2D eigenvalue weighted by molar-refractivity contribution is 6.30. The Bertz CT molecular complexity index is 508. The molecule has 1 aromatic carbocycles. The fourth-order valence-electron chi connectivity index (χ4n) is 3.69. The maximum Gasteiger partial charge on any atom is 0.220 e. The van der Waals surface area contributed by atoms with Crippen LogP contribution >= 0.6 is 11.6 Å². The lowest BCUT2D eigenvalue weighted by Gasteiger charge is -2.28. The van der Waals surface area contributed by atoms with E-state index in [0.29, 0.717) is 29.4 Å². The van der Waals surface area contributed by atoms with E-state index >= 15 is 0 Å². The van der Waals surface area contributed by atoms with Gasteiger partial charge in [-0.05, 0) is 49.3 Å². The van der Waals surface area contributed by atoms with Crippen LogP contribution in [0, 0.1) is 5.92 Å². The van der Waals surface area contributed by atoms with Crippen molar-refractivity contribution in [3.8, 4) is 0 Å². The summed E-state index contributed by atoms with van der Waals surface area (Å²) in [7, 11) is 0. The molecule has 3 rings (SSSR count). The Morgan fingerprint density at radius 2 is 1.91 bits per heavy atom. The Balaban J connectivity index is 1.43. The van der Waals surface area contributed by atoms with Crippen LogP contribution < -0.4 is 10.6 Å². The third-order valence-corrected chi connectivity index (χ3v) is 5.04. The van der Waals surface area contributed by atoms with Gasteiger partial charge in [-0.15, -0.1) is 0 Å². The van der Waals surface area contributed by atoms with Gasteiger partial charge in [0.1, 0.15) is 0 Å². The molecule has 3 unspecified atom stereocenters. The van der Waals surface area contributed by atoms with Crippen molar-refractivity contribution < 1.29 is 9.90 Å². The third-order valence-electron chi connectivity index (χ3n) is 4.79. The number of halogens is 1. The fourth-order valence-corrected chi connectivity index (χ4v) is 3.82. The summed E-state index contributed by atoms with van der Waals surface area (Å²) in [5.74, 6) is 0.519. The number of benzene rings is 1. The number of piperidine rings is 1. The summed E-state index contributed by atoms with van der Waals surface area (Å²) in [6.45, 7) is 0.248. The highest BCUT2D eigenvalue weighted by Crippen LogP contribution is 2.32. The largest absolute Gasteiger partial charge is 0.387 e. The minimum Gasteiger partial charge on any atom is -0.387 e. The molecule has 1 aromatic rings. The first-order valence-electron chi connectivity index (χ1n) is 8.06. The number of hydrogen-bond acceptors (Lipinski definition) is 3. The van der Waals surface area contributed by atoms with Crippen LogP contribution in [0.4, 0.5) is 0 Å². The molecule has 5 heteroatoms. The smallest absolute Gasteiger partial charge is 0.220 e. The molecule has 120 valence electrons. The summed E-state index contributed by atoms with van der Waals surface area (Å²) in [6.07, 6.45) is 4.58. The SMILES string of the molecule is O=C(CC1CC2CCC(C1)N2)NCC(O)c1ccc(Cl)cc1. The lowest BCUT2D eigenvalue weighted by Crippen LogP contribution is -2.40. The lowest BCUT2D eigenvalue weighted by molar-refractivity contribution is -0.122. The van der Waals surface area contributed by atoms with E-state index in [1.54, 1.807) is 24.3 Å². The molecule has 2 aliphatic heterocycles. The Hall–Kier alpha value is -1.10. The van der Waals surface area contributed by atoms with Gasteiger partial charge in [0.05, 0.1) is 6.10 Å². The first-order chi connectivity index (χ1) is 10.6. The number of fused-ring (bicyclic) bond motifs is 2. The van der Waals surface area contributed by atoms with E-state index < -0.39 is 6.10 Å². The number of carbonyl (C=O) groups is 1. The maximum absolute atomic E-state index is 12.1. The number of aliphatic hydroxyl groups is 1. The zero-order valence-electron chi connectivity index (χ0n) is 12.6. The van der Waals surface area contributed by atoms with Crippen LogP contribution in [0.1, 0.15) is 43.8 Å². The second-order valence-electron chi connectivity index (χ2n) is 6.55. The van der Waals surface area contributed by atoms with E-state index in [-0.39, 0.29) is 12.5 Å². The van der Waals surface area contributed by atoms with E-state index in [1.807, 2.05) is 0 Å².